The first-order valence-corrected chi connectivity index (χ1v) is 3.49. The lowest BCUT2D eigenvalue weighted by Gasteiger charge is -1.93. The fourth-order valence-corrected chi connectivity index (χ4v) is 0.824. The largest absolute Gasteiger partial charge is 0.287 e. The van der Waals surface area contributed by atoms with Gasteiger partial charge in [-0.2, -0.15) is 0 Å². The Bertz CT molecular complexity index is 419. The van der Waals surface area contributed by atoms with Crippen molar-refractivity contribution < 1.29 is 9.72 Å². The highest BCUT2D eigenvalue weighted by Crippen LogP contribution is 2.12. The van der Waals surface area contributed by atoms with Gasteiger partial charge >= 0.3 is 0 Å². The quantitative estimate of drug-likeness (QED) is 0.235. The average molecular weight is 192 g/mol. The number of hydrogen-bond acceptors (Lipinski definition) is 3. The van der Waals surface area contributed by atoms with Crippen LogP contribution in [0.2, 0.25) is 0 Å². The van der Waals surface area contributed by atoms with Crippen LogP contribution in [0.4, 0.5) is 5.69 Å². The third kappa shape index (κ3) is 2.05. The number of azide groups is 1. The third-order valence-electron chi connectivity index (χ3n) is 1.46. The van der Waals surface area contributed by atoms with Gasteiger partial charge in [-0.25, -0.2) is 0 Å². The zero-order valence-electron chi connectivity index (χ0n) is 6.82. The molecular formula is C7H4N4O3. The van der Waals surface area contributed by atoms with Gasteiger partial charge in [-0.3, -0.25) is 14.9 Å². The molecule has 0 spiro atoms. The standard InChI is InChI=1S/C7H4N4O3/c8-10-9-7(12)5-1-3-6(4-2-5)11(13)14/h1-4H. The van der Waals surface area contributed by atoms with Crippen molar-refractivity contribution in [2.75, 3.05) is 0 Å². The van der Waals surface area contributed by atoms with Crippen molar-refractivity contribution in [3.8, 4) is 0 Å². The number of non-ortho nitro benzene ring substituents is 1. The highest BCUT2D eigenvalue weighted by atomic mass is 16.6. The number of nitrogens with zero attached hydrogens (tertiary/aromatic N) is 4. The fraction of sp³-hybridized carbons (Fsp3) is 0. The van der Waals surface area contributed by atoms with Crippen molar-refractivity contribution >= 4 is 11.6 Å². The molecule has 0 aliphatic rings. The predicted octanol–water partition coefficient (Wildman–Crippen LogP) is 2.05. The molecule has 70 valence electrons. The van der Waals surface area contributed by atoms with Gasteiger partial charge in [0.05, 0.1) is 4.92 Å². The molecule has 0 saturated heterocycles. The second kappa shape index (κ2) is 4.01. The molecule has 1 aromatic rings. The Morgan fingerprint density at radius 1 is 1.43 bits per heavy atom. The smallest absolute Gasteiger partial charge is 0.269 e. The normalized spacial score (nSPS) is 8.86. The number of rotatable bonds is 2. The predicted molar refractivity (Wildman–Crippen MR) is 46.6 cm³/mol. The van der Waals surface area contributed by atoms with E-state index in [1.807, 2.05) is 0 Å². The summed E-state index contributed by atoms with van der Waals surface area (Å²) >= 11 is 0. The first kappa shape index (κ1) is 9.69. The highest BCUT2D eigenvalue weighted by molar-refractivity contribution is 5.94. The van der Waals surface area contributed by atoms with Gasteiger partial charge in [0, 0.05) is 22.6 Å². The van der Waals surface area contributed by atoms with Crippen LogP contribution in [-0.2, 0) is 0 Å². The molecule has 0 bridgehead atoms. The SMILES string of the molecule is [N-]=[N+]=NC(=O)c1ccc([N+](=O)[O-])cc1. The molecule has 7 nitrogen and oxygen atoms in total. The Labute approximate surface area is 77.7 Å². The van der Waals surface area contributed by atoms with Crippen LogP contribution in [-0.4, -0.2) is 10.8 Å². The second-order valence-electron chi connectivity index (χ2n) is 2.30. The molecule has 0 aliphatic carbocycles. The van der Waals surface area contributed by atoms with Crippen LogP contribution < -0.4 is 0 Å². The Morgan fingerprint density at radius 2 is 2.00 bits per heavy atom. The first-order chi connectivity index (χ1) is 6.65. The van der Waals surface area contributed by atoms with Gasteiger partial charge in [0.2, 0.25) is 5.91 Å². The molecule has 0 unspecified atom stereocenters. The number of carbonyl (C=O) groups excluding carboxylic acids is 1. The summed E-state index contributed by atoms with van der Waals surface area (Å²) in [6, 6.07) is 4.80. The zero-order valence-corrected chi connectivity index (χ0v) is 6.82. The Hall–Kier alpha value is -2.40. The van der Waals surface area contributed by atoms with Gasteiger partial charge in [-0.15, -0.1) is 0 Å². The summed E-state index contributed by atoms with van der Waals surface area (Å²) in [6.07, 6.45) is 0. The molecule has 1 amide bonds. The molecular weight excluding hydrogens is 188 g/mol. The van der Waals surface area contributed by atoms with Crippen LogP contribution in [0.15, 0.2) is 29.4 Å². The van der Waals surface area contributed by atoms with E-state index in [0.717, 1.165) is 0 Å². The minimum atomic E-state index is -0.762. The van der Waals surface area contributed by atoms with Crippen LogP contribution in [0.25, 0.3) is 10.4 Å². The van der Waals surface area contributed by atoms with E-state index in [4.69, 9.17) is 5.53 Å². The maximum absolute atomic E-state index is 10.9. The van der Waals surface area contributed by atoms with Crippen molar-refractivity contribution in [1.29, 1.82) is 0 Å². The van der Waals surface area contributed by atoms with E-state index in [9.17, 15) is 14.9 Å². The number of hydrogen-bond donors (Lipinski definition) is 0. The van der Waals surface area contributed by atoms with Gasteiger partial charge in [0.25, 0.3) is 5.69 Å². The van der Waals surface area contributed by atoms with Crippen LogP contribution in [0.1, 0.15) is 10.4 Å². The Kier molecular flexibility index (Phi) is 2.78. The molecule has 0 aromatic heterocycles. The molecule has 14 heavy (non-hydrogen) atoms. The Morgan fingerprint density at radius 3 is 2.43 bits per heavy atom. The molecule has 0 fully saturated rings. The minimum Gasteiger partial charge on any atom is -0.287 e. The maximum Gasteiger partial charge on any atom is 0.269 e. The van der Waals surface area contributed by atoms with E-state index in [2.05, 4.69) is 10.0 Å². The van der Waals surface area contributed by atoms with E-state index < -0.39 is 10.8 Å². The first-order valence-electron chi connectivity index (χ1n) is 3.49. The fourth-order valence-electron chi connectivity index (χ4n) is 0.824. The van der Waals surface area contributed by atoms with E-state index in [1.54, 1.807) is 0 Å². The molecule has 0 saturated carbocycles. The summed E-state index contributed by atoms with van der Waals surface area (Å²) in [5.41, 5.74) is 7.97. The van der Waals surface area contributed by atoms with Gasteiger partial charge in [0.15, 0.2) is 0 Å². The van der Waals surface area contributed by atoms with Gasteiger partial charge < -0.3 is 0 Å². The lowest BCUT2D eigenvalue weighted by atomic mass is 10.2. The monoisotopic (exact) mass is 192 g/mol. The van der Waals surface area contributed by atoms with Crippen molar-refractivity contribution in [2.24, 2.45) is 5.11 Å². The van der Waals surface area contributed by atoms with Gasteiger partial charge in [0.1, 0.15) is 0 Å². The number of benzene rings is 1. The van der Waals surface area contributed by atoms with E-state index in [1.165, 1.54) is 24.3 Å². The molecule has 0 radical (unpaired) electrons. The number of amides is 1. The summed E-state index contributed by atoms with van der Waals surface area (Å²) in [5.74, 6) is -0.762. The summed E-state index contributed by atoms with van der Waals surface area (Å²) < 4.78 is 0. The molecule has 0 atom stereocenters. The van der Waals surface area contributed by atoms with Crippen molar-refractivity contribution in [3.05, 3.63) is 50.4 Å². The average Bonchev–Trinajstić information content (AvgIpc) is 2.18. The van der Waals surface area contributed by atoms with Crippen molar-refractivity contribution in [2.45, 2.75) is 0 Å². The van der Waals surface area contributed by atoms with E-state index >= 15 is 0 Å². The molecule has 0 heterocycles. The zero-order chi connectivity index (χ0) is 10.6. The molecule has 1 aromatic carbocycles. The van der Waals surface area contributed by atoms with Crippen molar-refractivity contribution in [1.82, 2.24) is 0 Å². The molecule has 0 aliphatic heterocycles. The molecule has 1 rings (SSSR count). The lowest BCUT2D eigenvalue weighted by Crippen LogP contribution is -1.94. The summed E-state index contributed by atoms with van der Waals surface area (Å²) in [6.45, 7) is 0. The van der Waals surface area contributed by atoms with Crippen LogP contribution in [0.3, 0.4) is 0 Å². The number of nitro benzene ring substituents is 1. The van der Waals surface area contributed by atoms with Gasteiger partial charge in [-0.1, -0.05) is 0 Å². The number of nitro groups is 1. The molecule has 0 N–H and O–H groups in total. The minimum absolute atomic E-state index is 0.119. The Balaban J connectivity index is 2.99. The van der Waals surface area contributed by atoms with E-state index in [0.29, 0.717) is 0 Å². The van der Waals surface area contributed by atoms with Crippen molar-refractivity contribution in [3.63, 3.8) is 0 Å². The maximum atomic E-state index is 10.9. The summed E-state index contributed by atoms with van der Waals surface area (Å²) in [4.78, 5) is 22.9. The van der Waals surface area contributed by atoms with Gasteiger partial charge in [-0.05, 0) is 22.8 Å². The summed E-state index contributed by atoms with van der Waals surface area (Å²) in [7, 11) is 0. The second-order valence-corrected chi connectivity index (χ2v) is 2.30. The molecule has 7 heteroatoms. The lowest BCUT2D eigenvalue weighted by molar-refractivity contribution is -0.384. The van der Waals surface area contributed by atoms with Crippen LogP contribution in [0, 0.1) is 10.1 Å². The topological polar surface area (TPSA) is 109 Å². The van der Waals surface area contributed by atoms with Crippen LogP contribution >= 0.6 is 0 Å². The summed E-state index contributed by atoms with van der Waals surface area (Å²) in [5, 5.41) is 13.1. The number of carbonyl (C=O) groups is 1. The third-order valence-corrected chi connectivity index (χ3v) is 1.46. The van der Waals surface area contributed by atoms with Crippen LogP contribution in [0.5, 0.6) is 0 Å². The van der Waals surface area contributed by atoms with E-state index in [-0.39, 0.29) is 11.3 Å². The highest BCUT2D eigenvalue weighted by Gasteiger charge is 2.07.